The zero-order valence-electron chi connectivity index (χ0n) is 12.7. The zero-order valence-corrected chi connectivity index (χ0v) is 12.7. The molecule has 0 bridgehead atoms. The second-order valence-electron chi connectivity index (χ2n) is 5.90. The number of H-pyrrole nitrogens is 1. The lowest BCUT2D eigenvalue weighted by Gasteiger charge is -2.30. The average molecular weight is 316 g/mol. The van der Waals surface area contributed by atoms with Crippen LogP contribution in [0, 0.1) is 5.92 Å². The van der Waals surface area contributed by atoms with Crippen LogP contribution in [0.15, 0.2) is 39.7 Å². The Morgan fingerprint density at radius 3 is 2.83 bits per heavy atom. The zero-order chi connectivity index (χ0) is 16.2. The fourth-order valence-corrected chi connectivity index (χ4v) is 3.09. The maximum Gasteiger partial charge on any atom is 0.261 e. The van der Waals surface area contributed by atoms with Crippen molar-refractivity contribution < 1.29 is 14.3 Å². The van der Waals surface area contributed by atoms with Gasteiger partial charge in [0.25, 0.3) is 11.5 Å². The Kier molecular flexibility index (Phi) is 4.62. The van der Waals surface area contributed by atoms with Gasteiger partial charge in [0.2, 0.25) is 0 Å². The molecule has 122 valence electrons. The summed E-state index contributed by atoms with van der Waals surface area (Å²) >= 11 is 0. The Bertz CT molecular complexity index is 720. The standard InChI is InChI=1S/C17H20N2O4/c20-10-11-4-1-2-5-13(11)18-16(21)12-7-8-14(19-17(12)22)15-6-3-9-23-15/h3,6-9,11,13,20H,1-2,4-5,10H2,(H,18,21)(H,19,22). The van der Waals surface area contributed by atoms with Gasteiger partial charge >= 0.3 is 0 Å². The predicted molar refractivity (Wildman–Crippen MR) is 85.1 cm³/mol. The maximum absolute atomic E-state index is 12.4. The quantitative estimate of drug-likeness (QED) is 0.803. The summed E-state index contributed by atoms with van der Waals surface area (Å²) in [5.74, 6) is 0.207. The van der Waals surface area contributed by atoms with Gasteiger partial charge in [-0.15, -0.1) is 0 Å². The van der Waals surface area contributed by atoms with Crippen LogP contribution in [-0.2, 0) is 0 Å². The Morgan fingerprint density at radius 2 is 2.13 bits per heavy atom. The third-order valence-electron chi connectivity index (χ3n) is 4.40. The lowest BCUT2D eigenvalue weighted by molar-refractivity contribution is 0.0871. The number of rotatable bonds is 4. The molecule has 1 amide bonds. The average Bonchev–Trinajstić information content (AvgIpc) is 3.09. The van der Waals surface area contributed by atoms with Crippen molar-refractivity contribution in [2.24, 2.45) is 5.92 Å². The van der Waals surface area contributed by atoms with Gasteiger partial charge in [0.1, 0.15) is 11.3 Å². The van der Waals surface area contributed by atoms with Gasteiger partial charge in [-0.25, -0.2) is 0 Å². The molecular formula is C17H20N2O4. The topological polar surface area (TPSA) is 95.3 Å². The van der Waals surface area contributed by atoms with Crippen molar-refractivity contribution in [2.75, 3.05) is 6.61 Å². The highest BCUT2D eigenvalue weighted by Crippen LogP contribution is 2.24. The number of aliphatic hydroxyl groups excluding tert-OH is 1. The van der Waals surface area contributed by atoms with E-state index in [1.165, 1.54) is 12.3 Å². The molecule has 23 heavy (non-hydrogen) atoms. The molecule has 3 rings (SSSR count). The Labute approximate surface area is 133 Å². The number of aromatic nitrogens is 1. The summed E-state index contributed by atoms with van der Waals surface area (Å²) in [5, 5.41) is 12.3. The molecule has 0 saturated heterocycles. The number of carbonyl (C=O) groups excluding carboxylic acids is 1. The van der Waals surface area contributed by atoms with Crippen LogP contribution < -0.4 is 10.9 Å². The minimum atomic E-state index is -0.451. The van der Waals surface area contributed by atoms with Gasteiger partial charge in [0.15, 0.2) is 0 Å². The van der Waals surface area contributed by atoms with Gasteiger partial charge in [0.05, 0.1) is 12.0 Å². The van der Waals surface area contributed by atoms with Crippen molar-refractivity contribution in [3.05, 3.63) is 46.4 Å². The molecule has 6 nitrogen and oxygen atoms in total. The van der Waals surface area contributed by atoms with Crippen LogP contribution in [0.3, 0.4) is 0 Å². The van der Waals surface area contributed by atoms with Crippen molar-refractivity contribution >= 4 is 5.91 Å². The molecule has 0 aromatic carbocycles. The number of hydrogen-bond donors (Lipinski definition) is 3. The maximum atomic E-state index is 12.4. The highest BCUT2D eigenvalue weighted by molar-refractivity contribution is 5.94. The second kappa shape index (κ2) is 6.83. The van der Waals surface area contributed by atoms with E-state index in [-0.39, 0.29) is 24.1 Å². The summed E-state index contributed by atoms with van der Waals surface area (Å²) < 4.78 is 5.23. The fraction of sp³-hybridized carbons (Fsp3) is 0.412. The van der Waals surface area contributed by atoms with Gasteiger partial charge in [-0.3, -0.25) is 9.59 Å². The van der Waals surface area contributed by atoms with E-state index in [0.29, 0.717) is 11.5 Å². The van der Waals surface area contributed by atoms with Crippen LogP contribution in [0.4, 0.5) is 0 Å². The largest absolute Gasteiger partial charge is 0.463 e. The summed E-state index contributed by atoms with van der Waals surface area (Å²) in [6.07, 6.45) is 5.34. The number of aliphatic hydroxyl groups is 1. The molecule has 3 N–H and O–H groups in total. The van der Waals surface area contributed by atoms with Crippen molar-refractivity contribution in [3.8, 4) is 11.5 Å². The third-order valence-corrected chi connectivity index (χ3v) is 4.40. The van der Waals surface area contributed by atoms with Crippen molar-refractivity contribution in [3.63, 3.8) is 0 Å². The molecule has 0 spiro atoms. The predicted octanol–water partition coefficient (Wildman–Crippen LogP) is 1.92. The number of furan rings is 1. The van der Waals surface area contributed by atoms with Gasteiger partial charge in [-0.05, 0) is 37.1 Å². The first kappa shape index (κ1) is 15.6. The van der Waals surface area contributed by atoms with E-state index < -0.39 is 11.5 Å². The van der Waals surface area contributed by atoms with Crippen LogP contribution in [0.2, 0.25) is 0 Å². The minimum Gasteiger partial charge on any atom is -0.463 e. The first-order valence-corrected chi connectivity index (χ1v) is 7.88. The molecule has 2 heterocycles. The molecule has 0 aliphatic heterocycles. The Balaban J connectivity index is 1.76. The minimum absolute atomic E-state index is 0.0543. The highest BCUT2D eigenvalue weighted by Gasteiger charge is 2.26. The number of hydrogen-bond acceptors (Lipinski definition) is 4. The number of pyridine rings is 1. The first-order valence-electron chi connectivity index (χ1n) is 7.88. The summed E-state index contributed by atoms with van der Waals surface area (Å²) in [5.41, 5.74) is 0.151. The number of nitrogens with one attached hydrogen (secondary N) is 2. The van der Waals surface area contributed by atoms with E-state index in [1.807, 2.05) is 0 Å². The highest BCUT2D eigenvalue weighted by atomic mass is 16.3. The van der Waals surface area contributed by atoms with E-state index in [2.05, 4.69) is 10.3 Å². The summed E-state index contributed by atoms with van der Waals surface area (Å²) in [6.45, 7) is 0.0543. The molecule has 2 aromatic rings. The van der Waals surface area contributed by atoms with Crippen LogP contribution in [0.1, 0.15) is 36.0 Å². The molecule has 1 fully saturated rings. The number of carbonyl (C=O) groups is 1. The van der Waals surface area contributed by atoms with Gasteiger partial charge in [-0.2, -0.15) is 0 Å². The Hall–Kier alpha value is -2.34. The molecule has 0 radical (unpaired) electrons. The summed E-state index contributed by atoms with van der Waals surface area (Å²) in [7, 11) is 0. The van der Waals surface area contributed by atoms with Gasteiger partial charge in [-0.1, -0.05) is 12.8 Å². The summed E-state index contributed by atoms with van der Waals surface area (Å²) in [4.78, 5) is 27.2. The van der Waals surface area contributed by atoms with Gasteiger partial charge in [0, 0.05) is 18.6 Å². The van der Waals surface area contributed by atoms with E-state index >= 15 is 0 Å². The first-order chi connectivity index (χ1) is 11.2. The number of amides is 1. The lowest BCUT2D eigenvalue weighted by atomic mass is 9.85. The van der Waals surface area contributed by atoms with E-state index in [4.69, 9.17) is 4.42 Å². The second-order valence-corrected chi connectivity index (χ2v) is 5.90. The van der Waals surface area contributed by atoms with Crippen LogP contribution in [0.5, 0.6) is 0 Å². The van der Waals surface area contributed by atoms with E-state index in [1.54, 1.807) is 18.2 Å². The molecule has 2 atom stereocenters. The summed E-state index contributed by atoms with van der Waals surface area (Å²) in [6, 6.07) is 6.54. The normalized spacial score (nSPS) is 21.1. The molecule has 2 unspecified atom stereocenters. The monoisotopic (exact) mass is 316 g/mol. The van der Waals surface area contributed by atoms with Gasteiger partial charge < -0.3 is 19.8 Å². The number of aromatic amines is 1. The molecule has 1 aliphatic rings. The molecule has 6 heteroatoms. The van der Waals surface area contributed by atoms with Crippen LogP contribution >= 0.6 is 0 Å². The molecule has 2 aromatic heterocycles. The molecule has 1 saturated carbocycles. The molecule has 1 aliphatic carbocycles. The van der Waals surface area contributed by atoms with Crippen LogP contribution in [0.25, 0.3) is 11.5 Å². The van der Waals surface area contributed by atoms with E-state index in [9.17, 15) is 14.7 Å². The fourth-order valence-electron chi connectivity index (χ4n) is 3.09. The molecular weight excluding hydrogens is 296 g/mol. The van der Waals surface area contributed by atoms with E-state index in [0.717, 1.165) is 25.7 Å². The van der Waals surface area contributed by atoms with Crippen molar-refractivity contribution in [1.82, 2.24) is 10.3 Å². The van der Waals surface area contributed by atoms with Crippen molar-refractivity contribution in [2.45, 2.75) is 31.7 Å². The smallest absolute Gasteiger partial charge is 0.261 e. The SMILES string of the molecule is O=C(NC1CCCCC1CO)c1ccc(-c2ccco2)[nH]c1=O. The van der Waals surface area contributed by atoms with Crippen molar-refractivity contribution in [1.29, 1.82) is 0 Å². The van der Waals surface area contributed by atoms with Crippen LogP contribution in [-0.4, -0.2) is 28.6 Å². The third kappa shape index (κ3) is 3.37. The lowest BCUT2D eigenvalue weighted by Crippen LogP contribution is -2.44. The Morgan fingerprint density at radius 1 is 1.30 bits per heavy atom.